The van der Waals surface area contributed by atoms with Crippen LogP contribution < -0.4 is 0 Å². The molecule has 0 bridgehead atoms. The van der Waals surface area contributed by atoms with Gasteiger partial charge in [-0.2, -0.15) is 0 Å². The van der Waals surface area contributed by atoms with Gasteiger partial charge in [-0.25, -0.2) is 0 Å². The molecule has 96 valence electrons. The fourth-order valence-electron chi connectivity index (χ4n) is 2.47. The fraction of sp³-hybridized carbons (Fsp3) is 0.188. The zero-order chi connectivity index (χ0) is 13.2. The lowest BCUT2D eigenvalue weighted by molar-refractivity contribution is 0.0929. The van der Waals surface area contributed by atoms with Gasteiger partial charge in [0.25, 0.3) is 0 Å². The maximum Gasteiger partial charge on any atom is 0.176 e. The van der Waals surface area contributed by atoms with E-state index in [0.29, 0.717) is 6.54 Å². The number of benzene rings is 2. The number of carbonyl (C=O) groups is 1. The number of carbonyl (C=O) groups excluding carboxylic acids is 1. The quantitative estimate of drug-likeness (QED) is 0.806. The third-order valence-electron chi connectivity index (χ3n) is 3.42. The Kier molecular flexibility index (Phi) is 3.49. The summed E-state index contributed by atoms with van der Waals surface area (Å²) < 4.78 is 0.947. The molecular formula is C16H14BrNO. The highest BCUT2D eigenvalue weighted by Crippen LogP contribution is 2.22. The van der Waals surface area contributed by atoms with E-state index in [1.54, 1.807) is 0 Å². The molecule has 3 rings (SSSR count). The van der Waals surface area contributed by atoms with Crippen LogP contribution in [-0.2, 0) is 13.1 Å². The Labute approximate surface area is 121 Å². The molecule has 2 nitrogen and oxygen atoms in total. The van der Waals surface area contributed by atoms with E-state index in [-0.39, 0.29) is 5.78 Å². The van der Waals surface area contributed by atoms with Crippen molar-refractivity contribution in [1.29, 1.82) is 0 Å². The highest BCUT2D eigenvalue weighted by molar-refractivity contribution is 9.10. The monoisotopic (exact) mass is 315 g/mol. The molecule has 0 aromatic heterocycles. The van der Waals surface area contributed by atoms with Gasteiger partial charge in [-0.05, 0) is 23.3 Å². The van der Waals surface area contributed by atoms with E-state index < -0.39 is 0 Å². The molecule has 3 heteroatoms. The largest absolute Gasteiger partial charge is 0.293 e. The zero-order valence-electron chi connectivity index (χ0n) is 10.5. The van der Waals surface area contributed by atoms with Crippen molar-refractivity contribution in [1.82, 2.24) is 4.90 Å². The molecule has 0 aliphatic carbocycles. The summed E-state index contributed by atoms with van der Waals surface area (Å²) in [6.45, 7) is 2.22. The number of ketones is 1. The summed E-state index contributed by atoms with van der Waals surface area (Å²) in [7, 11) is 0. The third-order valence-corrected chi connectivity index (χ3v) is 3.91. The Hall–Kier alpha value is -1.45. The van der Waals surface area contributed by atoms with E-state index >= 15 is 0 Å². The zero-order valence-corrected chi connectivity index (χ0v) is 12.1. The maximum atomic E-state index is 12.2. The molecule has 0 unspecified atom stereocenters. The molecule has 0 amide bonds. The third kappa shape index (κ3) is 2.77. The van der Waals surface area contributed by atoms with E-state index in [9.17, 15) is 4.79 Å². The Bertz CT molecular complexity index is 599. The normalized spacial score (nSPS) is 14.4. The molecule has 1 aliphatic rings. The van der Waals surface area contributed by atoms with Gasteiger partial charge >= 0.3 is 0 Å². The van der Waals surface area contributed by atoms with Crippen molar-refractivity contribution in [2.45, 2.75) is 13.1 Å². The van der Waals surface area contributed by atoms with Crippen LogP contribution in [0, 0.1) is 0 Å². The molecule has 0 atom stereocenters. The lowest BCUT2D eigenvalue weighted by atomic mass is 10.1. The second-order valence-corrected chi connectivity index (χ2v) is 5.76. The fourth-order valence-corrected chi connectivity index (χ4v) is 2.87. The minimum Gasteiger partial charge on any atom is -0.293 e. The van der Waals surface area contributed by atoms with E-state index in [0.717, 1.165) is 23.1 Å². The van der Waals surface area contributed by atoms with Crippen molar-refractivity contribution < 1.29 is 4.79 Å². The maximum absolute atomic E-state index is 12.2. The summed E-state index contributed by atoms with van der Waals surface area (Å²) in [5.41, 5.74) is 3.44. The Morgan fingerprint density at radius 1 is 1.05 bits per heavy atom. The Morgan fingerprint density at radius 3 is 2.37 bits per heavy atom. The highest BCUT2D eigenvalue weighted by atomic mass is 79.9. The second-order valence-electron chi connectivity index (χ2n) is 4.85. The number of rotatable bonds is 3. The average Bonchev–Trinajstić information content (AvgIpc) is 2.80. The molecule has 19 heavy (non-hydrogen) atoms. The van der Waals surface area contributed by atoms with Crippen LogP contribution in [0.3, 0.4) is 0 Å². The number of nitrogens with zero attached hydrogens (tertiary/aromatic N) is 1. The van der Waals surface area contributed by atoms with Crippen LogP contribution in [0.25, 0.3) is 0 Å². The van der Waals surface area contributed by atoms with Crippen molar-refractivity contribution >= 4 is 21.7 Å². The standard InChI is InChI=1S/C16H14BrNO/c17-15-7-3-6-12(8-15)16(19)11-18-9-13-4-1-2-5-14(13)10-18/h1-8H,9-11H2. The molecule has 2 aromatic rings. The minimum absolute atomic E-state index is 0.175. The van der Waals surface area contributed by atoms with Gasteiger partial charge in [-0.15, -0.1) is 0 Å². The molecule has 0 N–H and O–H groups in total. The topological polar surface area (TPSA) is 20.3 Å². The molecule has 0 spiro atoms. The van der Waals surface area contributed by atoms with E-state index in [1.807, 2.05) is 24.3 Å². The smallest absolute Gasteiger partial charge is 0.176 e. The molecule has 0 saturated carbocycles. The van der Waals surface area contributed by atoms with Gasteiger partial charge in [-0.3, -0.25) is 9.69 Å². The SMILES string of the molecule is O=C(CN1Cc2ccccc2C1)c1cccc(Br)c1. The molecular weight excluding hydrogens is 302 g/mol. The Balaban J connectivity index is 1.69. The number of hydrogen-bond donors (Lipinski definition) is 0. The summed E-state index contributed by atoms with van der Waals surface area (Å²) >= 11 is 3.40. The summed E-state index contributed by atoms with van der Waals surface area (Å²) in [4.78, 5) is 14.4. The molecule has 1 heterocycles. The van der Waals surface area contributed by atoms with Gasteiger partial charge in [0.15, 0.2) is 5.78 Å². The van der Waals surface area contributed by atoms with Gasteiger partial charge in [0.1, 0.15) is 0 Å². The van der Waals surface area contributed by atoms with Crippen LogP contribution >= 0.6 is 15.9 Å². The van der Waals surface area contributed by atoms with Gasteiger partial charge in [0.05, 0.1) is 6.54 Å². The predicted molar refractivity (Wildman–Crippen MR) is 79.0 cm³/mol. The number of halogens is 1. The molecule has 2 aromatic carbocycles. The first-order valence-corrected chi connectivity index (χ1v) is 7.09. The summed E-state index contributed by atoms with van der Waals surface area (Å²) in [5, 5.41) is 0. The van der Waals surface area contributed by atoms with Crippen LogP contribution in [0.5, 0.6) is 0 Å². The summed E-state index contributed by atoms with van der Waals surface area (Å²) in [6.07, 6.45) is 0. The minimum atomic E-state index is 0.175. The Morgan fingerprint density at radius 2 is 1.74 bits per heavy atom. The number of fused-ring (bicyclic) bond motifs is 1. The van der Waals surface area contributed by atoms with Crippen LogP contribution in [0.15, 0.2) is 53.0 Å². The van der Waals surface area contributed by atoms with Gasteiger partial charge in [0.2, 0.25) is 0 Å². The molecule has 0 radical (unpaired) electrons. The number of Topliss-reactive ketones (excluding diaryl/α,β-unsaturated/α-hetero) is 1. The average molecular weight is 316 g/mol. The first-order valence-electron chi connectivity index (χ1n) is 6.30. The van der Waals surface area contributed by atoms with E-state index in [2.05, 4.69) is 45.1 Å². The molecule has 1 aliphatic heterocycles. The predicted octanol–water partition coefficient (Wildman–Crippen LogP) is 3.65. The summed E-state index contributed by atoms with van der Waals surface area (Å²) in [6, 6.07) is 16.0. The highest BCUT2D eigenvalue weighted by Gasteiger charge is 2.20. The first kappa shape index (κ1) is 12.6. The van der Waals surface area contributed by atoms with Crippen LogP contribution in [-0.4, -0.2) is 17.2 Å². The van der Waals surface area contributed by atoms with Crippen LogP contribution in [0.2, 0.25) is 0 Å². The van der Waals surface area contributed by atoms with Crippen molar-refractivity contribution in [3.05, 3.63) is 69.7 Å². The van der Waals surface area contributed by atoms with Crippen molar-refractivity contribution in [3.63, 3.8) is 0 Å². The van der Waals surface area contributed by atoms with Crippen molar-refractivity contribution in [2.24, 2.45) is 0 Å². The molecule has 0 saturated heterocycles. The van der Waals surface area contributed by atoms with Crippen molar-refractivity contribution in [3.8, 4) is 0 Å². The van der Waals surface area contributed by atoms with Gasteiger partial charge in [0, 0.05) is 23.1 Å². The van der Waals surface area contributed by atoms with Gasteiger partial charge < -0.3 is 0 Å². The van der Waals surface area contributed by atoms with Gasteiger partial charge in [-0.1, -0.05) is 52.3 Å². The number of hydrogen-bond acceptors (Lipinski definition) is 2. The van der Waals surface area contributed by atoms with Crippen LogP contribution in [0.1, 0.15) is 21.5 Å². The van der Waals surface area contributed by atoms with Crippen LogP contribution in [0.4, 0.5) is 0 Å². The first-order chi connectivity index (χ1) is 9.22. The lowest BCUT2D eigenvalue weighted by Gasteiger charge is -2.13. The van der Waals surface area contributed by atoms with E-state index in [1.165, 1.54) is 11.1 Å². The lowest BCUT2D eigenvalue weighted by Crippen LogP contribution is -2.24. The van der Waals surface area contributed by atoms with E-state index in [4.69, 9.17) is 0 Å². The summed E-state index contributed by atoms with van der Waals surface area (Å²) in [5.74, 6) is 0.175. The molecule has 0 fully saturated rings. The second kappa shape index (κ2) is 5.27. The van der Waals surface area contributed by atoms with Crippen molar-refractivity contribution in [2.75, 3.05) is 6.54 Å².